The van der Waals surface area contributed by atoms with Crippen LogP contribution in [0.1, 0.15) is 45.3 Å². The molecule has 1 aromatic rings. The van der Waals surface area contributed by atoms with Crippen molar-refractivity contribution in [2.45, 2.75) is 52.2 Å². The van der Waals surface area contributed by atoms with Crippen molar-refractivity contribution in [2.75, 3.05) is 19.7 Å². The van der Waals surface area contributed by atoms with Gasteiger partial charge in [-0.1, -0.05) is 25.5 Å². The summed E-state index contributed by atoms with van der Waals surface area (Å²) in [5.74, 6) is 1.68. The molecule has 34 heavy (non-hydrogen) atoms. The summed E-state index contributed by atoms with van der Waals surface area (Å²) in [7, 11) is 0. The van der Waals surface area contributed by atoms with Crippen molar-refractivity contribution in [2.24, 2.45) is 39.9 Å². The Balaban J connectivity index is 1.37. The number of aliphatic hydroxyl groups is 2. The van der Waals surface area contributed by atoms with Crippen LogP contribution >= 0.6 is 0 Å². The SMILES string of the molecule is C[C@]12C=CC(=O)C=C1CC[C@@H]1[C@@H]2[C@@H](O)C[C@@]2(C)[C@H]1C[C@H]1CN(Cc3ccco3)C[C@]12C(=O)CO. The minimum atomic E-state index is -0.652. The van der Waals surface area contributed by atoms with E-state index in [-0.39, 0.29) is 34.2 Å². The van der Waals surface area contributed by atoms with E-state index >= 15 is 0 Å². The fourth-order valence-electron chi connectivity index (χ4n) is 9.38. The number of hydrogen-bond acceptors (Lipinski definition) is 6. The molecule has 8 atom stereocenters. The third-order valence-corrected chi connectivity index (χ3v) is 10.7. The van der Waals surface area contributed by atoms with Gasteiger partial charge in [-0.05, 0) is 73.1 Å². The molecule has 1 aromatic heterocycles. The van der Waals surface area contributed by atoms with E-state index < -0.39 is 18.1 Å². The highest BCUT2D eigenvalue weighted by Gasteiger charge is 2.73. The van der Waals surface area contributed by atoms with Crippen LogP contribution in [0.25, 0.3) is 0 Å². The standard InChI is InChI=1S/C28H35NO5/c1-26-8-7-19(31)10-17(26)5-6-21-22-11-18-13-29(14-20-4-3-9-34-20)16-28(18,24(33)15-30)27(22,2)12-23(32)25(21)26/h3-4,7-10,18,21-23,25,30,32H,5-6,11-16H2,1-2H3/t18-,21-,22-,23-,25+,26-,27-,28+/m0/s1. The van der Waals surface area contributed by atoms with Crippen molar-refractivity contribution in [3.8, 4) is 0 Å². The Bertz CT molecular complexity index is 1070. The molecule has 0 spiro atoms. The van der Waals surface area contributed by atoms with Crippen molar-refractivity contribution >= 4 is 11.6 Å². The maximum Gasteiger partial charge on any atom is 0.178 e. The zero-order chi connectivity index (χ0) is 23.9. The van der Waals surface area contributed by atoms with Crippen LogP contribution in [-0.4, -0.2) is 52.5 Å². The number of Topliss-reactive ketones (excluding diaryl/α,β-unsaturated/α-hetero) is 1. The quantitative estimate of drug-likeness (QED) is 0.710. The number of ketones is 2. The molecule has 4 aliphatic carbocycles. The monoisotopic (exact) mass is 465 g/mol. The van der Waals surface area contributed by atoms with E-state index in [2.05, 4.69) is 18.7 Å². The van der Waals surface area contributed by atoms with Gasteiger partial charge in [-0.3, -0.25) is 14.5 Å². The maximum absolute atomic E-state index is 13.6. The average Bonchev–Trinajstić information content (AvgIpc) is 3.49. The van der Waals surface area contributed by atoms with Gasteiger partial charge in [0.1, 0.15) is 12.4 Å². The predicted molar refractivity (Wildman–Crippen MR) is 125 cm³/mol. The molecular weight excluding hydrogens is 430 g/mol. The summed E-state index contributed by atoms with van der Waals surface area (Å²) in [4.78, 5) is 27.9. The Morgan fingerprint density at radius 1 is 1.32 bits per heavy atom. The average molecular weight is 466 g/mol. The molecule has 1 aliphatic heterocycles. The lowest BCUT2D eigenvalue weighted by molar-refractivity contribution is -0.159. The molecule has 6 rings (SSSR count). The second kappa shape index (κ2) is 7.49. The van der Waals surface area contributed by atoms with Gasteiger partial charge in [0.05, 0.1) is 24.3 Å². The lowest BCUT2D eigenvalue weighted by Crippen LogP contribution is -2.60. The fraction of sp³-hybridized carbons (Fsp3) is 0.643. The van der Waals surface area contributed by atoms with Gasteiger partial charge in [-0.25, -0.2) is 0 Å². The van der Waals surface area contributed by atoms with E-state index in [1.807, 2.05) is 18.2 Å². The molecule has 0 bridgehead atoms. The van der Waals surface area contributed by atoms with Crippen LogP contribution < -0.4 is 0 Å². The van der Waals surface area contributed by atoms with Gasteiger partial charge < -0.3 is 14.6 Å². The summed E-state index contributed by atoms with van der Waals surface area (Å²) in [6.07, 6.45) is 9.91. The van der Waals surface area contributed by atoms with Crippen LogP contribution in [0.2, 0.25) is 0 Å². The minimum Gasteiger partial charge on any atom is -0.468 e. The van der Waals surface area contributed by atoms with Crippen molar-refractivity contribution in [1.82, 2.24) is 4.90 Å². The summed E-state index contributed by atoms with van der Waals surface area (Å²) in [5.41, 5.74) is -0.190. The van der Waals surface area contributed by atoms with Crippen molar-refractivity contribution in [3.63, 3.8) is 0 Å². The Labute approximate surface area is 200 Å². The van der Waals surface area contributed by atoms with E-state index in [1.54, 1.807) is 18.4 Å². The Kier molecular flexibility index (Phi) is 4.94. The Morgan fingerprint density at radius 3 is 2.88 bits per heavy atom. The lowest BCUT2D eigenvalue weighted by atomic mass is 9.44. The summed E-state index contributed by atoms with van der Waals surface area (Å²) in [6.45, 7) is 6.01. The molecule has 6 heteroatoms. The van der Waals surface area contributed by atoms with E-state index in [4.69, 9.17) is 4.42 Å². The molecule has 2 N–H and O–H groups in total. The highest BCUT2D eigenvalue weighted by Crippen LogP contribution is 2.72. The molecule has 0 amide bonds. The number of nitrogens with zero attached hydrogens (tertiary/aromatic N) is 1. The minimum absolute atomic E-state index is 0.0422. The Morgan fingerprint density at radius 2 is 2.15 bits per heavy atom. The van der Waals surface area contributed by atoms with Crippen LogP contribution in [0.15, 0.2) is 46.6 Å². The van der Waals surface area contributed by atoms with E-state index in [0.717, 1.165) is 37.1 Å². The van der Waals surface area contributed by atoms with Crippen molar-refractivity contribution in [3.05, 3.63) is 48.0 Å². The predicted octanol–water partition coefficient (Wildman–Crippen LogP) is 3.15. The molecule has 2 heterocycles. The third kappa shape index (κ3) is 2.79. The molecule has 182 valence electrons. The first-order chi connectivity index (χ1) is 16.2. The number of fused-ring (bicyclic) bond motifs is 7. The van der Waals surface area contributed by atoms with E-state index in [0.29, 0.717) is 31.3 Å². The second-order valence-corrected chi connectivity index (χ2v) is 11.9. The first-order valence-corrected chi connectivity index (χ1v) is 12.7. The van der Waals surface area contributed by atoms with Gasteiger partial charge >= 0.3 is 0 Å². The van der Waals surface area contributed by atoms with E-state index in [1.165, 1.54) is 0 Å². The molecule has 5 aliphatic rings. The topological polar surface area (TPSA) is 91.0 Å². The number of hydrogen-bond donors (Lipinski definition) is 2. The zero-order valence-corrected chi connectivity index (χ0v) is 20.1. The molecule has 1 saturated heterocycles. The molecule has 0 aromatic carbocycles. The summed E-state index contributed by atoms with van der Waals surface area (Å²) in [6, 6.07) is 3.85. The van der Waals surface area contributed by atoms with Crippen LogP contribution in [0, 0.1) is 39.9 Å². The van der Waals surface area contributed by atoms with Gasteiger partial charge in [0.2, 0.25) is 0 Å². The van der Waals surface area contributed by atoms with Gasteiger partial charge in [-0.15, -0.1) is 0 Å². The lowest BCUT2D eigenvalue weighted by Gasteiger charge is -2.60. The smallest absolute Gasteiger partial charge is 0.178 e. The zero-order valence-electron chi connectivity index (χ0n) is 20.1. The molecule has 3 saturated carbocycles. The molecule has 4 fully saturated rings. The summed E-state index contributed by atoms with van der Waals surface area (Å²) in [5, 5.41) is 21.8. The molecular formula is C28H35NO5. The van der Waals surface area contributed by atoms with Crippen LogP contribution in [0.5, 0.6) is 0 Å². The Hall–Kier alpha value is -2.02. The number of likely N-dealkylation sites (tertiary alicyclic amines) is 1. The summed E-state index contributed by atoms with van der Waals surface area (Å²) >= 11 is 0. The number of carbonyl (C=O) groups excluding carboxylic acids is 2. The normalized spacial score (nSPS) is 45.4. The van der Waals surface area contributed by atoms with Crippen molar-refractivity contribution in [1.29, 1.82) is 0 Å². The first kappa shape index (κ1) is 22.4. The number of aliphatic hydroxyl groups excluding tert-OH is 2. The number of furan rings is 1. The molecule has 0 radical (unpaired) electrons. The number of carbonyl (C=O) groups is 2. The third-order valence-electron chi connectivity index (χ3n) is 10.7. The first-order valence-electron chi connectivity index (χ1n) is 12.7. The van der Waals surface area contributed by atoms with Gasteiger partial charge in [0.25, 0.3) is 0 Å². The van der Waals surface area contributed by atoms with Crippen LogP contribution in [0.3, 0.4) is 0 Å². The number of allylic oxidation sites excluding steroid dienone is 4. The fourth-order valence-corrected chi connectivity index (χ4v) is 9.38. The molecule has 0 unspecified atom stereocenters. The van der Waals surface area contributed by atoms with E-state index in [9.17, 15) is 19.8 Å². The number of rotatable bonds is 4. The van der Waals surface area contributed by atoms with Crippen LogP contribution in [-0.2, 0) is 16.1 Å². The maximum atomic E-state index is 13.6. The summed E-state index contributed by atoms with van der Waals surface area (Å²) < 4.78 is 5.57. The highest BCUT2D eigenvalue weighted by atomic mass is 16.3. The van der Waals surface area contributed by atoms with Gasteiger partial charge in [0, 0.05) is 24.4 Å². The van der Waals surface area contributed by atoms with Gasteiger partial charge in [-0.2, -0.15) is 0 Å². The molecule has 6 nitrogen and oxygen atoms in total. The largest absolute Gasteiger partial charge is 0.468 e. The van der Waals surface area contributed by atoms with Crippen LogP contribution in [0.4, 0.5) is 0 Å². The highest BCUT2D eigenvalue weighted by molar-refractivity contribution is 6.01. The van der Waals surface area contributed by atoms with Gasteiger partial charge in [0.15, 0.2) is 11.6 Å². The second-order valence-electron chi connectivity index (χ2n) is 11.9. The van der Waals surface area contributed by atoms with Crippen molar-refractivity contribution < 1.29 is 24.2 Å².